The van der Waals surface area contributed by atoms with Gasteiger partial charge >= 0.3 is 6.03 Å². The minimum Gasteiger partial charge on any atom is -0.333 e. The third kappa shape index (κ3) is 1.86. The third-order valence-corrected chi connectivity index (χ3v) is 3.15. The van der Waals surface area contributed by atoms with Crippen LogP contribution in [0.3, 0.4) is 0 Å². The molecule has 2 atom stereocenters. The fraction of sp³-hybridized carbons (Fsp3) is 0.909. The Balaban J connectivity index is 1.93. The van der Waals surface area contributed by atoms with Crippen molar-refractivity contribution >= 4 is 6.03 Å². The summed E-state index contributed by atoms with van der Waals surface area (Å²) in [4.78, 5) is 13.9. The lowest BCUT2D eigenvalue weighted by Crippen LogP contribution is -2.50. The average molecular weight is 196 g/mol. The van der Waals surface area contributed by atoms with Gasteiger partial charge in [0.1, 0.15) is 0 Å². The summed E-state index contributed by atoms with van der Waals surface area (Å²) in [7, 11) is 0. The van der Waals surface area contributed by atoms with Crippen molar-refractivity contribution in [1.82, 2.24) is 10.2 Å². The summed E-state index contributed by atoms with van der Waals surface area (Å²) in [5.41, 5.74) is -0.112. The Morgan fingerprint density at radius 3 is 2.50 bits per heavy atom. The van der Waals surface area contributed by atoms with E-state index in [-0.39, 0.29) is 11.6 Å². The molecule has 1 aliphatic carbocycles. The van der Waals surface area contributed by atoms with Gasteiger partial charge < -0.3 is 10.2 Å². The van der Waals surface area contributed by atoms with Gasteiger partial charge in [0.05, 0.1) is 0 Å². The lowest BCUT2D eigenvalue weighted by atomic mass is 10.1. The first-order valence-corrected chi connectivity index (χ1v) is 5.54. The van der Waals surface area contributed by atoms with Crippen molar-refractivity contribution in [2.45, 2.75) is 51.6 Å². The first-order chi connectivity index (χ1) is 6.46. The molecule has 2 aliphatic rings. The van der Waals surface area contributed by atoms with Crippen LogP contribution in [-0.2, 0) is 0 Å². The van der Waals surface area contributed by atoms with Gasteiger partial charge in [-0.2, -0.15) is 0 Å². The van der Waals surface area contributed by atoms with E-state index in [1.165, 1.54) is 19.3 Å². The van der Waals surface area contributed by atoms with E-state index in [0.29, 0.717) is 6.04 Å². The Bertz CT molecular complexity index is 244. The summed E-state index contributed by atoms with van der Waals surface area (Å²) in [5, 5.41) is 3.03. The van der Waals surface area contributed by atoms with Gasteiger partial charge in [-0.15, -0.1) is 0 Å². The van der Waals surface area contributed by atoms with Crippen LogP contribution in [0.2, 0.25) is 0 Å². The van der Waals surface area contributed by atoms with Crippen molar-refractivity contribution in [3.8, 4) is 0 Å². The first kappa shape index (κ1) is 9.81. The molecule has 2 amide bonds. The number of piperidine rings is 1. The largest absolute Gasteiger partial charge is 0.333 e. The predicted molar refractivity (Wildman–Crippen MR) is 56.1 cm³/mol. The molecule has 2 bridgehead atoms. The number of carbonyl (C=O) groups is 1. The van der Waals surface area contributed by atoms with Gasteiger partial charge in [0.25, 0.3) is 0 Å². The molecule has 80 valence electrons. The van der Waals surface area contributed by atoms with Crippen molar-refractivity contribution in [1.29, 1.82) is 0 Å². The molecule has 2 fully saturated rings. The van der Waals surface area contributed by atoms with E-state index in [1.807, 2.05) is 25.7 Å². The Morgan fingerprint density at radius 1 is 1.36 bits per heavy atom. The number of hydrogen-bond acceptors (Lipinski definition) is 1. The first-order valence-electron chi connectivity index (χ1n) is 5.54. The summed E-state index contributed by atoms with van der Waals surface area (Å²) in [6.07, 6.45) is 3.77. The number of fused-ring (bicyclic) bond motifs is 2. The van der Waals surface area contributed by atoms with Gasteiger partial charge in [0.2, 0.25) is 0 Å². The second-order valence-electron chi connectivity index (χ2n) is 5.67. The fourth-order valence-electron chi connectivity index (χ4n) is 2.57. The number of hydrogen-bond donors (Lipinski definition) is 1. The number of amides is 2. The molecule has 0 aromatic rings. The third-order valence-electron chi connectivity index (χ3n) is 3.15. The standard InChI is InChI=1S/C11H20N2O/c1-11(2,3)12-10(14)13-7-8-4-5-9(13)6-8/h8-9H,4-7H2,1-3H3,(H,12,14). The number of likely N-dealkylation sites (tertiary alicyclic amines) is 1. The van der Waals surface area contributed by atoms with Crippen LogP contribution in [0.5, 0.6) is 0 Å². The monoisotopic (exact) mass is 196 g/mol. The van der Waals surface area contributed by atoms with Gasteiger partial charge in [0, 0.05) is 18.1 Å². The zero-order chi connectivity index (χ0) is 10.3. The maximum absolute atomic E-state index is 11.9. The lowest BCUT2D eigenvalue weighted by molar-refractivity contribution is 0.172. The molecule has 3 heteroatoms. The van der Waals surface area contributed by atoms with Crippen LogP contribution < -0.4 is 5.32 Å². The van der Waals surface area contributed by atoms with Crippen LogP contribution in [0, 0.1) is 5.92 Å². The predicted octanol–water partition coefficient (Wildman–Crippen LogP) is 1.98. The zero-order valence-electron chi connectivity index (χ0n) is 9.34. The van der Waals surface area contributed by atoms with Gasteiger partial charge in [-0.3, -0.25) is 0 Å². The van der Waals surface area contributed by atoms with Crippen LogP contribution in [0.1, 0.15) is 40.0 Å². The number of carbonyl (C=O) groups excluding carboxylic acids is 1. The van der Waals surface area contributed by atoms with Crippen LogP contribution in [0.4, 0.5) is 4.79 Å². The molecule has 2 unspecified atom stereocenters. The Labute approximate surface area is 85.8 Å². The lowest BCUT2D eigenvalue weighted by Gasteiger charge is -2.31. The van der Waals surface area contributed by atoms with E-state index >= 15 is 0 Å². The van der Waals surface area contributed by atoms with Crippen molar-refractivity contribution in [2.75, 3.05) is 6.54 Å². The normalized spacial score (nSPS) is 30.9. The highest BCUT2D eigenvalue weighted by Crippen LogP contribution is 2.37. The molecule has 1 N–H and O–H groups in total. The second kappa shape index (κ2) is 3.14. The highest BCUT2D eigenvalue weighted by Gasteiger charge is 2.40. The van der Waals surface area contributed by atoms with E-state index in [0.717, 1.165) is 12.5 Å². The average Bonchev–Trinajstić information content (AvgIpc) is 2.59. The summed E-state index contributed by atoms with van der Waals surface area (Å²) in [5.74, 6) is 0.783. The maximum Gasteiger partial charge on any atom is 0.318 e. The molecule has 1 heterocycles. The van der Waals surface area contributed by atoms with E-state index in [4.69, 9.17) is 0 Å². The summed E-state index contributed by atoms with van der Waals surface area (Å²) >= 11 is 0. The highest BCUT2D eigenvalue weighted by molar-refractivity contribution is 5.75. The quantitative estimate of drug-likeness (QED) is 0.631. The van der Waals surface area contributed by atoms with E-state index < -0.39 is 0 Å². The van der Waals surface area contributed by atoms with Gasteiger partial charge in [-0.25, -0.2) is 4.79 Å². The van der Waals surface area contributed by atoms with E-state index in [9.17, 15) is 4.79 Å². The topological polar surface area (TPSA) is 32.3 Å². The molecule has 0 radical (unpaired) electrons. The number of rotatable bonds is 0. The molecule has 0 spiro atoms. The Morgan fingerprint density at radius 2 is 2.07 bits per heavy atom. The van der Waals surface area contributed by atoms with Crippen LogP contribution in [0.15, 0.2) is 0 Å². The van der Waals surface area contributed by atoms with E-state index in [1.54, 1.807) is 0 Å². The van der Waals surface area contributed by atoms with Crippen molar-refractivity contribution in [3.05, 3.63) is 0 Å². The van der Waals surface area contributed by atoms with Crippen molar-refractivity contribution in [3.63, 3.8) is 0 Å². The number of nitrogens with one attached hydrogen (secondary N) is 1. The Hall–Kier alpha value is -0.730. The molecule has 1 aliphatic heterocycles. The minimum atomic E-state index is -0.112. The SMILES string of the molecule is CC(C)(C)NC(=O)N1CC2CCC1C2. The van der Waals surface area contributed by atoms with Gasteiger partial charge in [-0.05, 0) is 46.0 Å². The Kier molecular flexibility index (Phi) is 2.20. The summed E-state index contributed by atoms with van der Waals surface area (Å²) in [6.45, 7) is 7.06. The molecule has 1 saturated carbocycles. The van der Waals surface area contributed by atoms with Crippen LogP contribution >= 0.6 is 0 Å². The molecule has 0 aromatic carbocycles. The zero-order valence-corrected chi connectivity index (χ0v) is 9.34. The molecule has 0 aromatic heterocycles. The second-order valence-corrected chi connectivity index (χ2v) is 5.67. The van der Waals surface area contributed by atoms with Gasteiger partial charge in [0.15, 0.2) is 0 Å². The molecule has 14 heavy (non-hydrogen) atoms. The summed E-state index contributed by atoms with van der Waals surface area (Å²) < 4.78 is 0. The number of urea groups is 1. The number of nitrogens with zero attached hydrogens (tertiary/aromatic N) is 1. The smallest absolute Gasteiger partial charge is 0.318 e. The molecular weight excluding hydrogens is 176 g/mol. The summed E-state index contributed by atoms with van der Waals surface area (Å²) in [6, 6.07) is 0.659. The van der Waals surface area contributed by atoms with E-state index in [2.05, 4.69) is 5.32 Å². The van der Waals surface area contributed by atoms with Crippen molar-refractivity contribution in [2.24, 2.45) is 5.92 Å². The maximum atomic E-state index is 11.9. The minimum absolute atomic E-state index is 0.112. The van der Waals surface area contributed by atoms with Crippen LogP contribution in [-0.4, -0.2) is 29.1 Å². The highest BCUT2D eigenvalue weighted by atomic mass is 16.2. The van der Waals surface area contributed by atoms with Gasteiger partial charge in [-0.1, -0.05) is 0 Å². The molecular formula is C11H20N2O. The fourth-order valence-corrected chi connectivity index (χ4v) is 2.57. The molecule has 1 saturated heterocycles. The molecule has 3 nitrogen and oxygen atoms in total. The molecule has 2 rings (SSSR count). The van der Waals surface area contributed by atoms with Crippen LogP contribution in [0.25, 0.3) is 0 Å². The van der Waals surface area contributed by atoms with Crippen molar-refractivity contribution < 1.29 is 4.79 Å².